The predicted molar refractivity (Wildman–Crippen MR) is 102 cm³/mol. The van der Waals surface area contributed by atoms with E-state index < -0.39 is 0 Å². The highest BCUT2D eigenvalue weighted by Gasteiger charge is 2.33. The molecule has 1 amide bonds. The van der Waals surface area contributed by atoms with Crippen LogP contribution < -0.4 is 0 Å². The fraction of sp³-hybridized carbons (Fsp3) is 0.400. The summed E-state index contributed by atoms with van der Waals surface area (Å²) in [6, 6.07) is 6.83. The molecular weight excluding hydrogens is 349 g/mol. The van der Waals surface area contributed by atoms with Gasteiger partial charge in [-0.05, 0) is 37.1 Å². The van der Waals surface area contributed by atoms with Gasteiger partial charge in [0, 0.05) is 47.8 Å². The first kappa shape index (κ1) is 17.2. The van der Waals surface area contributed by atoms with Crippen LogP contribution in [-0.4, -0.2) is 32.8 Å². The maximum Gasteiger partial charge on any atom is 0.225 e. The first-order valence-corrected chi connectivity index (χ1v) is 9.93. The molecule has 0 unspecified atom stereocenters. The summed E-state index contributed by atoms with van der Waals surface area (Å²) >= 11 is 1.60. The molecule has 2 aromatic heterocycles. The summed E-state index contributed by atoms with van der Waals surface area (Å²) in [6.07, 6.45) is 5.06. The fourth-order valence-electron chi connectivity index (χ4n) is 3.19. The van der Waals surface area contributed by atoms with E-state index >= 15 is 0 Å². The molecule has 4 rings (SSSR count). The molecule has 136 valence electrons. The van der Waals surface area contributed by atoms with Crippen molar-refractivity contribution in [2.24, 2.45) is 5.92 Å². The number of carbonyl (C=O) groups excluding carboxylic acids is 1. The lowest BCUT2D eigenvalue weighted by molar-refractivity contribution is -0.135. The van der Waals surface area contributed by atoms with Gasteiger partial charge in [-0.1, -0.05) is 13.8 Å². The van der Waals surface area contributed by atoms with Crippen LogP contribution in [0.1, 0.15) is 32.4 Å². The Morgan fingerprint density at radius 3 is 2.73 bits per heavy atom. The summed E-state index contributed by atoms with van der Waals surface area (Å²) in [4.78, 5) is 20.1. The molecule has 26 heavy (non-hydrogen) atoms. The van der Waals surface area contributed by atoms with Crippen LogP contribution in [0.25, 0.3) is 16.2 Å². The van der Waals surface area contributed by atoms with Crippen molar-refractivity contribution in [3.63, 3.8) is 0 Å². The van der Waals surface area contributed by atoms with Crippen LogP contribution in [0, 0.1) is 11.7 Å². The zero-order valence-electron chi connectivity index (χ0n) is 15.0. The molecule has 0 saturated heterocycles. The van der Waals surface area contributed by atoms with Crippen molar-refractivity contribution in [3.05, 3.63) is 47.4 Å². The molecule has 1 saturated carbocycles. The zero-order chi connectivity index (χ0) is 18.3. The van der Waals surface area contributed by atoms with Crippen molar-refractivity contribution in [2.75, 3.05) is 6.54 Å². The molecular formula is C20H22FN3OS. The molecule has 0 atom stereocenters. The Morgan fingerprint density at radius 2 is 2.08 bits per heavy atom. The third-order valence-electron chi connectivity index (χ3n) is 4.80. The molecule has 1 aliphatic rings. The van der Waals surface area contributed by atoms with Crippen molar-refractivity contribution >= 4 is 22.2 Å². The number of hydrogen-bond acceptors (Lipinski definition) is 3. The first-order chi connectivity index (χ1) is 12.5. The maximum absolute atomic E-state index is 13.1. The van der Waals surface area contributed by atoms with Gasteiger partial charge in [-0.25, -0.2) is 9.37 Å². The Kier molecular flexibility index (Phi) is 4.53. The highest BCUT2D eigenvalue weighted by atomic mass is 32.1. The Hall–Kier alpha value is -2.21. The van der Waals surface area contributed by atoms with E-state index in [1.54, 1.807) is 23.5 Å². The normalized spacial score (nSPS) is 14.3. The van der Waals surface area contributed by atoms with Gasteiger partial charge in [0.2, 0.25) is 5.91 Å². The van der Waals surface area contributed by atoms with Crippen molar-refractivity contribution < 1.29 is 9.18 Å². The van der Waals surface area contributed by atoms with Gasteiger partial charge in [0.15, 0.2) is 4.96 Å². The first-order valence-electron chi connectivity index (χ1n) is 9.05. The zero-order valence-corrected chi connectivity index (χ0v) is 15.8. The van der Waals surface area contributed by atoms with Gasteiger partial charge in [0.1, 0.15) is 5.82 Å². The molecule has 1 aromatic carbocycles. The quantitative estimate of drug-likeness (QED) is 0.644. The summed E-state index contributed by atoms with van der Waals surface area (Å²) in [5.74, 6) is 0.0403. The summed E-state index contributed by atoms with van der Waals surface area (Å²) in [7, 11) is 0. The van der Waals surface area contributed by atoms with Gasteiger partial charge in [-0.3, -0.25) is 9.20 Å². The number of thiazole rings is 1. The van der Waals surface area contributed by atoms with E-state index in [4.69, 9.17) is 0 Å². The Bertz CT molecular complexity index is 924. The molecule has 0 N–H and O–H groups in total. The number of fused-ring (bicyclic) bond motifs is 1. The minimum absolute atomic E-state index is 0.0383. The lowest BCUT2D eigenvalue weighted by Crippen LogP contribution is -2.37. The SMILES string of the molecule is CC(C)C(=O)N(CCc1csc2nc(-c3ccc(F)cc3)cn12)C1CC1. The Labute approximate surface area is 156 Å². The molecule has 0 bridgehead atoms. The number of carbonyl (C=O) groups is 1. The lowest BCUT2D eigenvalue weighted by Gasteiger charge is -2.24. The molecule has 0 aliphatic heterocycles. The van der Waals surface area contributed by atoms with E-state index in [9.17, 15) is 9.18 Å². The molecule has 1 aliphatic carbocycles. The number of nitrogens with zero attached hydrogens (tertiary/aromatic N) is 3. The Balaban J connectivity index is 1.53. The number of halogens is 1. The van der Waals surface area contributed by atoms with Gasteiger partial charge < -0.3 is 4.90 Å². The largest absolute Gasteiger partial charge is 0.339 e. The van der Waals surface area contributed by atoms with Gasteiger partial charge in [0.05, 0.1) is 5.69 Å². The van der Waals surface area contributed by atoms with Crippen LogP contribution in [0.15, 0.2) is 35.8 Å². The number of amides is 1. The van der Waals surface area contributed by atoms with E-state index in [0.29, 0.717) is 6.04 Å². The minimum Gasteiger partial charge on any atom is -0.339 e. The monoisotopic (exact) mass is 371 g/mol. The third kappa shape index (κ3) is 3.38. The highest BCUT2D eigenvalue weighted by molar-refractivity contribution is 7.15. The van der Waals surface area contributed by atoms with Gasteiger partial charge in [-0.15, -0.1) is 11.3 Å². The van der Waals surface area contributed by atoms with Gasteiger partial charge >= 0.3 is 0 Å². The van der Waals surface area contributed by atoms with E-state index in [1.165, 1.54) is 12.1 Å². The van der Waals surface area contributed by atoms with Crippen molar-refractivity contribution in [1.29, 1.82) is 0 Å². The van der Waals surface area contributed by atoms with E-state index in [-0.39, 0.29) is 17.6 Å². The topological polar surface area (TPSA) is 37.6 Å². The van der Waals surface area contributed by atoms with Gasteiger partial charge in [0.25, 0.3) is 0 Å². The average molecular weight is 371 g/mol. The second-order valence-corrected chi connectivity index (χ2v) is 8.02. The van der Waals surface area contributed by atoms with Gasteiger partial charge in [-0.2, -0.15) is 0 Å². The van der Waals surface area contributed by atoms with Crippen LogP contribution in [0.4, 0.5) is 4.39 Å². The molecule has 0 radical (unpaired) electrons. The van der Waals surface area contributed by atoms with Crippen LogP contribution in [-0.2, 0) is 11.2 Å². The fourth-order valence-corrected chi connectivity index (χ4v) is 4.10. The number of aromatic nitrogens is 2. The van der Waals surface area contributed by atoms with E-state index in [0.717, 1.165) is 47.7 Å². The average Bonchev–Trinajstić information content (AvgIpc) is 3.25. The third-order valence-corrected chi connectivity index (χ3v) is 5.69. The number of benzene rings is 1. The second kappa shape index (κ2) is 6.83. The van der Waals surface area contributed by atoms with E-state index in [2.05, 4.69) is 14.8 Å². The molecule has 2 heterocycles. The van der Waals surface area contributed by atoms with E-state index in [1.807, 2.05) is 24.9 Å². The van der Waals surface area contributed by atoms with Crippen LogP contribution >= 0.6 is 11.3 Å². The minimum atomic E-state index is -0.245. The summed E-state index contributed by atoms with van der Waals surface area (Å²) in [5, 5.41) is 2.11. The second-order valence-electron chi connectivity index (χ2n) is 7.18. The lowest BCUT2D eigenvalue weighted by atomic mass is 10.1. The summed E-state index contributed by atoms with van der Waals surface area (Å²) < 4.78 is 15.2. The Morgan fingerprint density at radius 1 is 1.35 bits per heavy atom. The standard InChI is InChI=1S/C20H22FN3OS/c1-13(2)19(25)23(16-7-8-16)10-9-17-12-26-20-22-18(11-24(17)20)14-3-5-15(21)6-4-14/h3-6,11-13,16H,7-10H2,1-2H3. The summed E-state index contributed by atoms with van der Waals surface area (Å²) in [6.45, 7) is 4.67. The van der Waals surface area contributed by atoms with Crippen molar-refractivity contribution in [1.82, 2.24) is 14.3 Å². The maximum atomic E-state index is 13.1. The van der Waals surface area contributed by atoms with Crippen LogP contribution in [0.5, 0.6) is 0 Å². The van der Waals surface area contributed by atoms with Crippen LogP contribution in [0.2, 0.25) is 0 Å². The van der Waals surface area contributed by atoms with Crippen molar-refractivity contribution in [2.45, 2.75) is 39.2 Å². The molecule has 4 nitrogen and oxygen atoms in total. The molecule has 1 fully saturated rings. The van der Waals surface area contributed by atoms with Crippen molar-refractivity contribution in [3.8, 4) is 11.3 Å². The molecule has 3 aromatic rings. The predicted octanol–water partition coefficient (Wildman–Crippen LogP) is 4.39. The van der Waals surface area contributed by atoms with Crippen LogP contribution in [0.3, 0.4) is 0 Å². The molecule has 0 spiro atoms. The smallest absolute Gasteiger partial charge is 0.225 e. The number of imidazole rings is 1. The highest BCUT2D eigenvalue weighted by Crippen LogP contribution is 2.29. The number of rotatable bonds is 6. The summed E-state index contributed by atoms with van der Waals surface area (Å²) in [5.41, 5.74) is 2.91. The molecule has 6 heteroatoms. The number of hydrogen-bond donors (Lipinski definition) is 0.